The van der Waals surface area contributed by atoms with Gasteiger partial charge in [0.2, 0.25) is 5.91 Å². The molecule has 2 aromatic heterocycles. The largest absolute Gasteiger partial charge is 0.483 e. The van der Waals surface area contributed by atoms with Crippen molar-refractivity contribution in [3.63, 3.8) is 0 Å². The highest BCUT2D eigenvalue weighted by molar-refractivity contribution is 7.99. The van der Waals surface area contributed by atoms with Gasteiger partial charge >= 0.3 is 0 Å². The van der Waals surface area contributed by atoms with Gasteiger partial charge in [0.1, 0.15) is 5.75 Å². The van der Waals surface area contributed by atoms with Gasteiger partial charge in [0.25, 0.3) is 0 Å². The fourth-order valence-electron chi connectivity index (χ4n) is 3.17. The number of rotatable bonds is 9. The molecule has 0 spiro atoms. The molecule has 7 nitrogen and oxygen atoms in total. The summed E-state index contributed by atoms with van der Waals surface area (Å²) < 4.78 is 7.92. The second-order valence-electron chi connectivity index (χ2n) is 7.18. The molecular weight excluding hydrogens is 513 g/mol. The van der Waals surface area contributed by atoms with E-state index >= 15 is 0 Å². The van der Waals surface area contributed by atoms with Crippen LogP contribution in [0.4, 0.5) is 5.13 Å². The Balaban J connectivity index is 1.36. The van der Waals surface area contributed by atoms with Crippen LogP contribution in [0.25, 0.3) is 11.3 Å². The van der Waals surface area contributed by atoms with E-state index in [1.165, 1.54) is 23.1 Å². The lowest BCUT2D eigenvalue weighted by Crippen LogP contribution is -2.15. The Morgan fingerprint density at radius 3 is 2.71 bits per heavy atom. The number of ether oxygens (including phenoxy) is 1. The quantitative estimate of drug-likeness (QED) is 0.244. The summed E-state index contributed by atoms with van der Waals surface area (Å²) in [5.74, 6) is 1.34. The van der Waals surface area contributed by atoms with Gasteiger partial charge in [-0.25, -0.2) is 4.98 Å². The molecule has 0 aliphatic rings. The monoisotopic (exact) mass is 533 g/mol. The predicted octanol–water partition coefficient (Wildman–Crippen LogP) is 6.60. The van der Waals surface area contributed by atoms with Gasteiger partial charge in [-0.05, 0) is 44.2 Å². The number of hydrogen-bond acceptors (Lipinski definition) is 7. The molecule has 0 saturated carbocycles. The van der Waals surface area contributed by atoms with Gasteiger partial charge in [0, 0.05) is 27.5 Å². The standard InChI is InChI=1S/C23H21Cl2N5O2S2/c1-3-30-21(14(2)32-18-6-4-5-17(25)11-18)28-29-23(30)34-13-20(31)27-22-26-19(12-33-22)15-7-9-16(24)10-8-15/h4-12,14H,3,13H2,1-2H3,(H,26,27,31). The van der Waals surface area contributed by atoms with Crippen molar-refractivity contribution in [2.45, 2.75) is 31.7 Å². The first-order valence-electron chi connectivity index (χ1n) is 10.4. The zero-order chi connectivity index (χ0) is 24.1. The first-order chi connectivity index (χ1) is 16.4. The maximum absolute atomic E-state index is 12.5. The van der Waals surface area contributed by atoms with E-state index < -0.39 is 0 Å². The number of nitrogens with zero attached hydrogens (tertiary/aromatic N) is 4. The molecular formula is C23H21Cl2N5O2S2. The molecule has 0 saturated heterocycles. The Labute approximate surface area is 215 Å². The Hall–Kier alpha value is -2.59. The molecule has 1 amide bonds. The lowest BCUT2D eigenvalue weighted by Gasteiger charge is -2.15. The number of amides is 1. The van der Waals surface area contributed by atoms with Crippen LogP contribution in [0.3, 0.4) is 0 Å². The van der Waals surface area contributed by atoms with Gasteiger partial charge in [-0.15, -0.1) is 21.5 Å². The van der Waals surface area contributed by atoms with E-state index in [1.54, 1.807) is 12.1 Å². The van der Waals surface area contributed by atoms with E-state index in [9.17, 15) is 4.79 Å². The maximum atomic E-state index is 12.5. The Morgan fingerprint density at radius 1 is 1.18 bits per heavy atom. The van der Waals surface area contributed by atoms with E-state index in [0.717, 1.165) is 11.3 Å². The van der Waals surface area contributed by atoms with Gasteiger partial charge < -0.3 is 14.6 Å². The number of anilines is 1. The van der Waals surface area contributed by atoms with Crippen LogP contribution in [-0.2, 0) is 11.3 Å². The number of aromatic nitrogens is 4. The number of benzene rings is 2. The van der Waals surface area contributed by atoms with Crippen LogP contribution in [0.15, 0.2) is 59.1 Å². The van der Waals surface area contributed by atoms with E-state index in [-0.39, 0.29) is 17.8 Å². The second kappa shape index (κ2) is 11.2. The number of thiazole rings is 1. The number of carbonyl (C=O) groups is 1. The van der Waals surface area contributed by atoms with Crippen molar-refractivity contribution in [2.75, 3.05) is 11.1 Å². The lowest BCUT2D eigenvalue weighted by atomic mass is 10.2. The van der Waals surface area contributed by atoms with E-state index in [4.69, 9.17) is 27.9 Å². The fourth-order valence-corrected chi connectivity index (χ4v) is 5.02. The summed E-state index contributed by atoms with van der Waals surface area (Å²) in [5, 5.41) is 15.8. The third kappa shape index (κ3) is 6.09. The predicted molar refractivity (Wildman–Crippen MR) is 138 cm³/mol. The molecule has 1 atom stereocenters. The molecule has 0 fully saturated rings. The summed E-state index contributed by atoms with van der Waals surface area (Å²) in [6, 6.07) is 14.6. The van der Waals surface area contributed by atoms with Crippen molar-refractivity contribution in [1.82, 2.24) is 19.7 Å². The van der Waals surface area contributed by atoms with Crippen LogP contribution < -0.4 is 10.1 Å². The molecule has 11 heteroatoms. The highest BCUT2D eigenvalue weighted by Gasteiger charge is 2.20. The van der Waals surface area contributed by atoms with E-state index in [0.29, 0.717) is 38.5 Å². The minimum atomic E-state index is -0.337. The third-order valence-electron chi connectivity index (χ3n) is 4.76. The zero-order valence-electron chi connectivity index (χ0n) is 18.4. The maximum Gasteiger partial charge on any atom is 0.236 e. The van der Waals surface area contributed by atoms with E-state index in [2.05, 4.69) is 20.5 Å². The summed E-state index contributed by atoms with van der Waals surface area (Å²) in [7, 11) is 0. The van der Waals surface area contributed by atoms with Gasteiger partial charge in [0.05, 0.1) is 11.4 Å². The van der Waals surface area contributed by atoms with Crippen molar-refractivity contribution in [3.8, 4) is 17.0 Å². The molecule has 2 aromatic carbocycles. The molecule has 0 aliphatic carbocycles. The smallest absolute Gasteiger partial charge is 0.236 e. The Bertz CT molecular complexity index is 1280. The SMILES string of the molecule is CCn1c(SCC(=O)Nc2nc(-c3ccc(Cl)cc3)cs2)nnc1C(C)Oc1cccc(Cl)c1. The number of thioether (sulfide) groups is 1. The number of nitrogens with one attached hydrogen (secondary N) is 1. The molecule has 4 rings (SSSR count). The van der Waals surface area contributed by atoms with Crippen molar-refractivity contribution >= 4 is 57.3 Å². The number of hydrogen-bond donors (Lipinski definition) is 1. The average molecular weight is 534 g/mol. The molecule has 0 bridgehead atoms. The average Bonchev–Trinajstić information content (AvgIpc) is 3.45. The van der Waals surface area contributed by atoms with Crippen molar-refractivity contribution in [2.24, 2.45) is 0 Å². The molecule has 1 unspecified atom stereocenters. The van der Waals surface area contributed by atoms with Gasteiger partial charge in [-0.3, -0.25) is 4.79 Å². The van der Waals surface area contributed by atoms with Crippen LogP contribution >= 0.6 is 46.3 Å². The second-order valence-corrected chi connectivity index (χ2v) is 9.86. The van der Waals surface area contributed by atoms with E-state index in [1.807, 2.05) is 60.2 Å². The molecule has 1 N–H and O–H groups in total. The first kappa shape index (κ1) is 24.5. The van der Waals surface area contributed by atoms with Crippen LogP contribution in [0, 0.1) is 0 Å². The first-order valence-corrected chi connectivity index (χ1v) is 13.0. The summed E-state index contributed by atoms with van der Waals surface area (Å²) in [6.07, 6.45) is -0.337. The molecule has 0 aliphatic heterocycles. The topological polar surface area (TPSA) is 81.9 Å². The minimum absolute atomic E-state index is 0.169. The van der Waals surface area contributed by atoms with Gasteiger partial charge in [-0.2, -0.15) is 0 Å². The Kier molecular flexibility index (Phi) is 8.10. The highest BCUT2D eigenvalue weighted by atomic mass is 35.5. The van der Waals surface area contributed by atoms with Gasteiger partial charge in [-0.1, -0.05) is 53.2 Å². The van der Waals surface area contributed by atoms with Crippen LogP contribution in [0.5, 0.6) is 5.75 Å². The number of carbonyl (C=O) groups excluding carboxylic acids is 1. The number of halogens is 2. The molecule has 34 heavy (non-hydrogen) atoms. The van der Waals surface area contributed by atoms with Crippen molar-refractivity contribution in [1.29, 1.82) is 0 Å². The lowest BCUT2D eigenvalue weighted by molar-refractivity contribution is -0.113. The minimum Gasteiger partial charge on any atom is -0.483 e. The highest BCUT2D eigenvalue weighted by Crippen LogP contribution is 2.28. The molecule has 2 heterocycles. The van der Waals surface area contributed by atoms with Crippen LogP contribution in [0.2, 0.25) is 10.0 Å². The van der Waals surface area contributed by atoms with Crippen LogP contribution in [0.1, 0.15) is 25.8 Å². The third-order valence-corrected chi connectivity index (χ3v) is 6.97. The van der Waals surface area contributed by atoms with Crippen molar-refractivity contribution < 1.29 is 9.53 Å². The Morgan fingerprint density at radius 2 is 1.97 bits per heavy atom. The molecule has 0 radical (unpaired) electrons. The van der Waals surface area contributed by atoms with Gasteiger partial charge in [0.15, 0.2) is 22.2 Å². The zero-order valence-corrected chi connectivity index (χ0v) is 21.5. The summed E-state index contributed by atoms with van der Waals surface area (Å²) >= 11 is 14.7. The molecule has 176 valence electrons. The summed E-state index contributed by atoms with van der Waals surface area (Å²) in [6.45, 7) is 4.54. The normalized spacial score (nSPS) is 11.9. The van der Waals surface area contributed by atoms with Crippen LogP contribution in [-0.4, -0.2) is 31.4 Å². The molecule has 4 aromatic rings. The summed E-state index contributed by atoms with van der Waals surface area (Å²) in [4.78, 5) is 17.0. The summed E-state index contributed by atoms with van der Waals surface area (Å²) in [5.41, 5.74) is 1.72. The fraction of sp³-hybridized carbons (Fsp3) is 0.217. The van der Waals surface area contributed by atoms with Crippen molar-refractivity contribution in [3.05, 3.63) is 69.8 Å².